The Morgan fingerprint density at radius 1 is 1.17 bits per heavy atom. The molecule has 1 saturated carbocycles. The number of likely N-dealkylation sites (tertiary alicyclic amines) is 2. The Balaban J connectivity index is 1.55. The summed E-state index contributed by atoms with van der Waals surface area (Å²) in [6.45, 7) is 8.33. The molecule has 3 heterocycles. The van der Waals surface area contributed by atoms with Crippen LogP contribution < -0.4 is 0 Å². The van der Waals surface area contributed by atoms with E-state index in [4.69, 9.17) is 4.74 Å². The predicted octanol–water partition coefficient (Wildman–Crippen LogP) is 0.709. The number of nitrogens with zero attached hydrogens (tertiary/aromatic N) is 3. The van der Waals surface area contributed by atoms with Crippen molar-refractivity contribution in [2.75, 3.05) is 39.4 Å². The highest BCUT2D eigenvalue weighted by Crippen LogP contribution is 2.54. The van der Waals surface area contributed by atoms with Gasteiger partial charge in [0.25, 0.3) is 0 Å². The van der Waals surface area contributed by atoms with E-state index < -0.39 is 0 Å². The molecule has 6 nitrogen and oxygen atoms in total. The molecule has 0 unspecified atom stereocenters. The van der Waals surface area contributed by atoms with Crippen LogP contribution in [0.5, 0.6) is 0 Å². The number of hydrogen-bond donors (Lipinski definition) is 0. The first-order valence-electron chi connectivity index (χ1n) is 9.39. The molecule has 4 rings (SSSR count). The number of amides is 2. The number of hydrogen-bond acceptors (Lipinski definition) is 4. The number of rotatable bonds is 2. The van der Waals surface area contributed by atoms with E-state index in [1.807, 2.05) is 0 Å². The third kappa shape index (κ3) is 2.46. The van der Waals surface area contributed by atoms with Gasteiger partial charge in [-0.3, -0.25) is 14.5 Å². The van der Waals surface area contributed by atoms with Crippen molar-refractivity contribution in [1.82, 2.24) is 14.7 Å². The minimum absolute atomic E-state index is 0.0769. The molecule has 4 atom stereocenters. The molecule has 0 aromatic carbocycles. The fourth-order valence-electron chi connectivity index (χ4n) is 5.79. The molecule has 6 heteroatoms. The molecule has 0 spiro atoms. The van der Waals surface area contributed by atoms with E-state index in [2.05, 4.69) is 21.6 Å². The first-order valence-corrected chi connectivity index (χ1v) is 9.39. The van der Waals surface area contributed by atoms with Gasteiger partial charge in [-0.1, -0.05) is 6.92 Å². The van der Waals surface area contributed by atoms with Gasteiger partial charge in [0.2, 0.25) is 11.8 Å². The lowest BCUT2D eigenvalue weighted by Crippen LogP contribution is -2.59. The third-order valence-electron chi connectivity index (χ3n) is 6.81. The molecule has 0 aromatic heterocycles. The standard InChI is InChI=1S/C18H29N3O3/c1-13(22)21-14-10-18(2)15(4-3-5-16(18)21)20(11-14)17(23)12-19-6-8-24-9-7-19/h14-16H,3-12H2,1-2H3/t14-,15+,16-,18+/m0/s1. The monoisotopic (exact) mass is 335 g/mol. The molecule has 3 aliphatic heterocycles. The summed E-state index contributed by atoms with van der Waals surface area (Å²) in [5, 5.41) is 0. The molecule has 2 amide bonds. The SMILES string of the molecule is CC(=O)N1[C@@H]2CN(C(=O)CN3CCOCC3)[C@@H]3CCC[C@H]1[C@]3(C)C2. The second kappa shape index (κ2) is 5.99. The van der Waals surface area contributed by atoms with Crippen LogP contribution in [-0.4, -0.2) is 84.0 Å². The van der Waals surface area contributed by atoms with E-state index in [-0.39, 0.29) is 23.3 Å². The lowest BCUT2D eigenvalue weighted by Gasteiger charge is -2.50. The molecule has 134 valence electrons. The summed E-state index contributed by atoms with van der Waals surface area (Å²) in [6.07, 6.45) is 4.35. The van der Waals surface area contributed by atoms with Crippen molar-refractivity contribution >= 4 is 11.8 Å². The molecule has 1 aliphatic carbocycles. The molecule has 4 fully saturated rings. The van der Waals surface area contributed by atoms with Gasteiger partial charge in [-0.05, 0) is 25.7 Å². The quantitative estimate of drug-likeness (QED) is 0.746. The maximum absolute atomic E-state index is 13.0. The summed E-state index contributed by atoms with van der Waals surface area (Å²) >= 11 is 0. The van der Waals surface area contributed by atoms with Crippen molar-refractivity contribution < 1.29 is 14.3 Å². The lowest BCUT2D eigenvalue weighted by atomic mass is 9.66. The first-order chi connectivity index (χ1) is 11.5. The summed E-state index contributed by atoms with van der Waals surface area (Å²) in [5.74, 6) is 0.417. The number of fused-ring (bicyclic) bond motifs is 1. The zero-order chi connectivity index (χ0) is 16.9. The van der Waals surface area contributed by atoms with Gasteiger partial charge in [-0.25, -0.2) is 0 Å². The second-order valence-electron chi connectivity index (χ2n) is 8.19. The van der Waals surface area contributed by atoms with Crippen LogP contribution in [0.15, 0.2) is 0 Å². The summed E-state index contributed by atoms with van der Waals surface area (Å²) in [6, 6.07) is 0.825. The average Bonchev–Trinajstić information content (AvgIpc) is 2.85. The fraction of sp³-hybridized carbons (Fsp3) is 0.889. The Kier molecular flexibility index (Phi) is 4.07. The number of piperidine rings is 1. The molecule has 3 saturated heterocycles. The second-order valence-corrected chi connectivity index (χ2v) is 8.19. The molecular weight excluding hydrogens is 306 g/mol. The fourth-order valence-corrected chi connectivity index (χ4v) is 5.79. The molecule has 4 aliphatic rings. The van der Waals surface area contributed by atoms with Gasteiger partial charge >= 0.3 is 0 Å². The highest BCUT2D eigenvalue weighted by molar-refractivity contribution is 5.80. The number of morpholine rings is 1. The van der Waals surface area contributed by atoms with Gasteiger partial charge in [0.1, 0.15) is 0 Å². The van der Waals surface area contributed by atoms with Crippen LogP contribution in [0.3, 0.4) is 0 Å². The third-order valence-corrected chi connectivity index (χ3v) is 6.81. The largest absolute Gasteiger partial charge is 0.379 e. The van der Waals surface area contributed by atoms with Crippen LogP contribution in [0.2, 0.25) is 0 Å². The Hall–Kier alpha value is -1.14. The van der Waals surface area contributed by atoms with E-state index in [0.717, 1.165) is 58.5 Å². The van der Waals surface area contributed by atoms with Crippen molar-refractivity contribution in [3.63, 3.8) is 0 Å². The van der Waals surface area contributed by atoms with Crippen molar-refractivity contribution in [3.8, 4) is 0 Å². The molecular formula is C18H29N3O3. The van der Waals surface area contributed by atoms with E-state index in [9.17, 15) is 9.59 Å². The van der Waals surface area contributed by atoms with Crippen LogP contribution in [0, 0.1) is 5.41 Å². The van der Waals surface area contributed by atoms with Crippen LogP contribution in [0.25, 0.3) is 0 Å². The van der Waals surface area contributed by atoms with Gasteiger partial charge in [-0.2, -0.15) is 0 Å². The zero-order valence-corrected chi connectivity index (χ0v) is 14.9. The van der Waals surface area contributed by atoms with Crippen molar-refractivity contribution in [3.05, 3.63) is 0 Å². The number of ether oxygens (including phenoxy) is 1. The van der Waals surface area contributed by atoms with E-state index >= 15 is 0 Å². The maximum Gasteiger partial charge on any atom is 0.237 e. The van der Waals surface area contributed by atoms with E-state index in [1.165, 1.54) is 0 Å². The van der Waals surface area contributed by atoms with Gasteiger partial charge in [0.15, 0.2) is 0 Å². The topological polar surface area (TPSA) is 53.1 Å². The molecule has 0 radical (unpaired) electrons. The van der Waals surface area contributed by atoms with E-state index in [0.29, 0.717) is 18.6 Å². The van der Waals surface area contributed by atoms with Gasteiger partial charge < -0.3 is 14.5 Å². The van der Waals surface area contributed by atoms with E-state index in [1.54, 1.807) is 6.92 Å². The minimum Gasteiger partial charge on any atom is -0.379 e. The van der Waals surface area contributed by atoms with Crippen molar-refractivity contribution in [2.24, 2.45) is 5.41 Å². The Bertz CT molecular complexity index is 534. The van der Waals surface area contributed by atoms with Crippen LogP contribution in [-0.2, 0) is 14.3 Å². The number of carbonyl (C=O) groups is 2. The van der Waals surface area contributed by atoms with Gasteiger partial charge in [0, 0.05) is 44.1 Å². The molecule has 0 aromatic rings. The first kappa shape index (κ1) is 16.3. The van der Waals surface area contributed by atoms with Gasteiger partial charge in [0.05, 0.1) is 25.8 Å². The van der Waals surface area contributed by atoms with Crippen LogP contribution in [0.1, 0.15) is 39.5 Å². The summed E-state index contributed by atoms with van der Waals surface area (Å²) in [7, 11) is 0. The Morgan fingerprint density at radius 3 is 2.58 bits per heavy atom. The van der Waals surface area contributed by atoms with Crippen molar-refractivity contribution in [1.29, 1.82) is 0 Å². The minimum atomic E-state index is 0.0769. The summed E-state index contributed by atoms with van der Waals surface area (Å²) < 4.78 is 5.38. The maximum atomic E-state index is 13.0. The normalized spacial score (nSPS) is 39.2. The highest BCUT2D eigenvalue weighted by Gasteiger charge is 2.61. The average molecular weight is 335 g/mol. The van der Waals surface area contributed by atoms with Crippen LogP contribution in [0.4, 0.5) is 0 Å². The molecule has 2 bridgehead atoms. The Morgan fingerprint density at radius 2 is 1.88 bits per heavy atom. The lowest BCUT2D eigenvalue weighted by molar-refractivity contribution is -0.142. The number of carbonyl (C=O) groups excluding carboxylic acids is 2. The predicted molar refractivity (Wildman–Crippen MR) is 89.4 cm³/mol. The zero-order valence-electron chi connectivity index (χ0n) is 14.9. The van der Waals surface area contributed by atoms with Crippen LogP contribution >= 0.6 is 0 Å². The molecule has 24 heavy (non-hydrogen) atoms. The van der Waals surface area contributed by atoms with Gasteiger partial charge in [-0.15, -0.1) is 0 Å². The summed E-state index contributed by atoms with van der Waals surface area (Å²) in [5.41, 5.74) is 0.0769. The summed E-state index contributed by atoms with van der Waals surface area (Å²) in [4.78, 5) is 31.7. The van der Waals surface area contributed by atoms with Crippen molar-refractivity contribution in [2.45, 2.75) is 57.7 Å². The molecule has 0 N–H and O–H groups in total. The highest BCUT2D eigenvalue weighted by atomic mass is 16.5. The Labute approximate surface area is 144 Å². The smallest absolute Gasteiger partial charge is 0.237 e.